The number of hydrogen-bond donors (Lipinski definition) is 0. The molecule has 0 bridgehead atoms. The molecule has 1 aromatic carbocycles. The molecule has 1 aromatic heterocycles. The number of aryl methyl sites for hydroxylation is 1. The smallest absolute Gasteiger partial charge is 0.332 e. The molecule has 1 heterocycles. The summed E-state index contributed by atoms with van der Waals surface area (Å²) in [4.78, 5) is 0. The lowest BCUT2D eigenvalue weighted by Crippen LogP contribution is -2.13. The van der Waals surface area contributed by atoms with Crippen LogP contribution < -0.4 is 0 Å². The number of nitrogens with zero attached hydrogens (tertiary/aromatic N) is 1. The van der Waals surface area contributed by atoms with Gasteiger partial charge in [-0.1, -0.05) is 35.5 Å². The summed E-state index contributed by atoms with van der Waals surface area (Å²) in [6.45, 7) is 1.61. The Morgan fingerprint density at radius 2 is 1.87 bits per heavy atom. The Morgan fingerprint density at radius 1 is 1.20 bits per heavy atom. The summed E-state index contributed by atoms with van der Waals surface area (Å²) in [6, 6.07) is 8.77. The van der Waals surface area contributed by atoms with Gasteiger partial charge in [0, 0.05) is 11.6 Å². The fourth-order valence-electron chi connectivity index (χ4n) is 1.30. The van der Waals surface area contributed by atoms with E-state index in [-0.39, 0.29) is 5.56 Å². The first-order valence-corrected chi connectivity index (χ1v) is 4.48. The van der Waals surface area contributed by atoms with Crippen LogP contribution in [0.15, 0.2) is 40.9 Å². The van der Waals surface area contributed by atoms with E-state index in [2.05, 4.69) is 9.68 Å². The quantitative estimate of drug-likeness (QED) is 0.759. The normalized spacial score (nSPS) is 11.7. The Hall–Kier alpha value is -1.71. The maximum absolute atomic E-state index is 13.8. The van der Waals surface area contributed by atoms with E-state index >= 15 is 0 Å². The lowest BCUT2D eigenvalue weighted by atomic mass is 10.1. The molecule has 0 N–H and O–H groups in total. The lowest BCUT2D eigenvalue weighted by molar-refractivity contribution is 0.0131. The monoisotopic (exact) mass is 209 g/mol. The van der Waals surface area contributed by atoms with E-state index in [1.807, 2.05) is 0 Å². The van der Waals surface area contributed by atoms with E-state index in [9.17, 15) is 8.78 Å². The maximum Gasteiger partial charge on any atom is 0.332 e. The van der Waals surface area contributed by atoms with Gasteiger partial charge in [-0.25, -0.2) is 0 Å². The molecule has 0 saturated heterocycles. The van der Waals surface area contributed by atoms with Crippen molar-refractivity contribution in [3.05, 3.63) is 53.4 Å². The molecular weight excluding hydrogens is 200 g/mol. The summed E-state index contributed by atoms with van der Waals surface area (Å²) in [5.41, 5.74) is 0.349. The fraction of sp³-hybridized carbons (Fsp3) is 0.182. The molecule has 0 aliphatic carbocycles. The van der Waals surface area contributed by atoms with E-state index in [1.54, 1.807) is 25.1 Å². The summed E-state index contributed by atoms with van der Waals surface area (Å²) in [7, 11) is 0. The Labute approximate surface area is 85.5 Å². The zero-order chi connectivity index (χ0) is 10.9. The Balaban J connectivity index is 2.43. The van der Waals surface area contributed by atoms with Gasteiger partial charge in [0.15, 0.2) is 0 Å². The highest BCUT2D eigenvalue weighted by molar-refractivity contribution is 5.28. The molecule has 0 unspecified atom stereocenters. The molecular formula is C11H9F2NO. The van der Waals surface area contributed by atoms with Crippen LogP contribution in [0, 0.1) is 6.92 Å². The second-order valence-electron chi connectivity index (χ2n) is 3.27. The molecule has 0 amide bonds. The highest BCUT2D eigenvalue weighted by Crippen LogP contribution is 2.35. The molecule has 2 nitrogen and oxygen atoms in total. The van der Waals surface area contributed by atoms with Crippen LogP contribution in [-0.2, 0) is 5.92 Å². The number of aromatic nitrogens is 1. The zero-order valence-electron chi connectivity index (χ0n) is 8.08. The first-order valence-electron chi connectivity index (χ1n) is 4.48. The predicted molar refractivity (Wildman–Crippen MR) is 50.7 cm³/mol. The van der Waals surface area contributed by atoms with Gasteiger partial charge in [-0.3, -0.25) is 0 Å². The Kier molecular flexibility index (Phi) is 2.26. The van der Waals surface area contributed by atoms with E-state index in [0.717, 1.165) is 0 Å². The van der Waals surface area contributed by atoms with Gasteiger partial charge in [0.05, 0.1) is 5.69 Å². The minimum atomic E-state index is -3.12. The van der Waals surface area contributed by atoms with Crippen molar-refractivity contribution < 1.29 is 13.3 Å². The van der Waals surface area contributed by atoms with Crippen LogP contribution in [0.3, 0.4) is 0 Å². The van der Waals surface area contributed by atoms with Gasteiger partial charge >= 0.3 is 5.92 Å². The summed E-state index contributed by atoms with van der Waals surface area (Å²) in [5.74, 6) is -3.55. The van der Waals surface area contributed by atoms with Crippen LogP contribution in [0.1, 0.15) is 17.0 Å². The van der Waals surface area contributed by atoms with Gasteiger partial charge in [-0.2, -0.15) is 8.78 Å². The minimum Gasteiger partial charge on any atom is -0.354 e. The third kappa shape index (κ3) is 1.75. The van der Waals surface area contributed by atoms with Gasteiger partial charge < -0.3 is 4.52 Å². The van der Waals surface area contributed by atoms with Crippen molar-refractivity contribution in [2.45, 2.75) is 12.8 Å². The summed E-state index contributed by atoms with van der Waals surface area (Å²) < 4.78 is 32.1. The van der Waals surface area contributed by atoms with Crippen molar-refractivity contribution in [2.75, 3.05) is 0 Å². The molecule has 78 valence electrons. The van der Waals surface area contributed by atoms with E-state index in [4.69, 9.17) is 0 Å². The molecule has 0 atom stereocenters. The number of halogens is 2. The standard InChI is InChI=1S/C11H9F2NO/c1-8-7-10(15-14-8)11(12,13)9-5-3-2-4-6-9/h2-7H,1H3. The van der Waals surface area contributed by atoms with Gasteiger partial charge in [-0.05, 0) is 6.92 Å². The topological polar surface area (TPSA) is 26.0 Å². The van der Waals surface area contributed by atoms with Crippen molar-refractivity contribution in [3.8, 4) is 0 Å². The fourth-order valence-corrected chi connectivity index (χ4v) is 1.30. The van der Waals surface area contributed by atoms with Crippen molar-refractivity contribution in [3.63, 3.8) is 0 Å². The number of hydrogen-bond acceptors (Lipinski definition) is 2. The zero-order valence-corrected chi connectivity index (χ0v) is 8.08. The van der Waals surface area contributed by atoms with Crippen LogP contribution >= 0.6 is 0 Å². The first kappa shape index (κ1) is 9.83. The average molecular weight is 209 g/mol. The third-order valence-electron chi connectivity index (χ3n) is 2.07. The molecule has 15 heavy (non-hydrogen) atoms. The molecule has 0 saturated carbocycles. The van der Waals surface area contributed by atoms with Crippen LogP contribution in [0.5, 0.6) is 0 Å². The van der Waals surface area contributed by atoms with Crippen molar-refractivity contribution in [1.29, 1.82) is 0 Å². The lowest BCUT2D eigenvalue weighted by Gasteiger charge is -2.12. The van der Waals surface area contributed by atoms with Gasteiger partial charge in [0.25, 0.3) is 0 Å². The summed E-state index contributed by atoms with van der Waals surface area (Å²) >= 11 is 0. The van der Waals surface area contributed by atoms with Crippen LogP contribution in [0.25, 0.3) is 0 Å². The predicted octanol–water partition coefficient (Wildman–Crippen LogP) is 3.12. The Morgan fingerprint density at radius 3 is 2.40 bits per heavy atom. The third-order valence-corrected chi connectivity index (χ3v) is 2.07. The second-order valence-corrected chi connectivity index (χ2v) is 3.27. The number of rotatable bonds is 2. The highest BCUT2D eigenvalue weighted by atomic mass is 19.3. The maximum atomic E-state index is 13.8. The number of alkyl halides is 2. The molecule has 2 rings (SSSR count). The minimum absolute atomic E-state index is 0.0962. The molecule has 0 radical (unpaired) electrons. The summed E-state index contributed by atoms with van der Waals surface area (Å²) in [5, 5.41) is 3.45. The van der Waals surface area contributed by atoms with E-state index < -0.39 is 11.7 Å². The summed E-state index contributed by atoms with van der Waals surface area (Å²) in [6.07, 6.45) is 0. The molecule has 2 aromatic rings. The van der Waals surface area contributed by atoms with Crippen molar-refractivity contribution in [2.24, 2.45) is 0 Å². The highest BCUT2D eigenvalue weighted by Gasteiger charge is 2.38. The second kappa shape index (κ2) is 3.46. The Bertz CT molecular complexity index is 451. The molecule has 0 spiro atoms. The van der Waals surface area contributed by atoms with Crippen molar-refractivity contribution >= 4 is 0 Å². The van der Waals surface area contributed by atoms with Gasteiger partial charge in [-0.15, -0.1) is 0 Å². The number of benzene rings is 1. The molecule has 0 aliphatic heterocycles. The van der Waals surface area contributed by atoms with Crippen LogP contribution in [0.2, 0.25) is 0 Å². The first-order chi connectivity index (χ1) is 7.10. The van der Waals surface area contributed by atoms with E-state index in [0.29, 0.717) is 5.69 Å². The van der Waals surface area contributed by atoms with Gasteiger partial charge in [0.1, 0.15) is 0 Å². The van der Waals surface area contributed by atoms with Crippen LogP contribution in [-0.4, -0.2) is 5.16 Å². The van der Waals surface area contributed by atoms with Gasteiger partial charge in [0.2, 0.25) is 5.76 Å². The van der Waals surface area contributed by atoms with E-state index in [1.165, 1.54) is 18.2 Å². The molecule has 4 heteroatoms. The molecule has 0 fully saturated rings. The SMILES string of the molecule is Cc1cc(C(F)(F)c2ccccc2)on1. The largest absolute Gasteiger partial charge is 0.354 e. The average Bonchev–Trinajstić information content (AvgIpc) is 2.67. The van der Waals surface area contributed by atoms with Crippen LogP contribution in [0.4, 0.5) is 8.78 Å². The van der Waals surface area contributed by atoms with Crippen molar-refractivity contribution in [1.82, 2.24) is 5.16 Å². The molecule has 0 aliphatic rings.